The highest BCUT2D eigenvalue weighted by molar-refractivity contribution is 8.00. The Morgan fingerprint density at radius 1 is 1.04 bits per heavy atom. The third-order valence-corrected chi connectivity index (χ3v) is 4.70. The summed E-state index contributed by atoms with van der Waals surface area (Å²) >= 11 is 1.42. The largest absolute Gasteiger partial charge is 0.497 e. The SMILES string of the molecule is COCCCNC(=O)c1ccccc1NC(=O)CSc1ccc(OC)cc1. The first-order valence-electron chi connectivity index (χ1n) is 8.57. The van der Waals surface area contributed by atoms with Crippen molar-refractivity contribution < 1.29 is 19.1 Å². The molecular formula is C20H24N2O4S. The fourth-order valence-corrected chi connectivity index (χ4v) is 3.01. The Morgan fingerprint density at radius 2 is 1.78 bits per heavy atom. The van der Waals surface area contributed by atoms with Crippen LogP contribution in [0.5, 0.6) is 5.75 Å². The summed E-state index contributed by atoms with van der Waals surface area (Å²) in [6.07, 6.45) is 0.731. The third kappa shape index (κ3) is 6.96. The van der Waals surface area contributed by atoms with Crippen molar-refractivity contribution in [3.63, 3.8) is 0 Å². The van der Waals surface area contributed by atoms with E-state index in [1.54, 1.807) is 38.5 Å². The number of nitrogens with one attached hydrogen (secondary N) is 2. The number of amides is 2. The quantitative estimate of drug-likeness (QED) is 0.483. The number of carbonyl (C=O) groups is 2. The molecule has 0 aliphatic rings. The van der Waals surface area contributed by atoms with Gasteiger partial charge < -0.3 is 20.1 Å². The monoisotopic (exact) mass is 388 g/mol. The van der Waals surface area contributed by atoms with Crippen LogP contribution in [0, 0.1) is 0 Å². The third-order valence-electron chi connectivity index (χ3n) is 3.69. The van der Waals surface area contributed by atoms with E-state index in [9.17, 15) is 9.59 Å². The second-order valence-corrected chi connectivity index (χ2v) is 6.71. The standard InChI is InChI=1S/C20H24N2O4S/c1-25-13-5-12-21-20(24)17-6-3-4-7-18(17)22-19(23)14-27-16-10-8-15(26-2)9-11-16/h3-4,6-11H,5,12-14H2,1-2H3,(H,21,24)(H,22,23). The maximum absolute atomic E-state index is 12.3. The van der Waals surface area contributed by atoms with E-state index < -0.39 is 0 Å². The van der Waals surface area contributed by atoms with Crippen LogP contribution in [0.1, 0.15) is 16.8 Å². The zero-order valence-electron chi connectivity index (χ0n) is 15.5. The second-order valence-electron chi connectivity index (χ2n) is 5.66. The van der Waals surface area contributed by atoms with Gasteiger partial charge in [0.2, 0.25) is 5.91 Å². The minimum atomic E-state index is -0.218. The second kappa shape index (κ2) is 11.3. The van der Waals surface area contributed by atoms with Gasteiger partial charge in [-0.2, -0.15) is 0 Å². The molecular weight excluding hydrogens is 364 g/mol. The van der Waals surface area contributed by atoms with Gasteiger partial charge in [0.05, 0.1) is 24.1 Å². The van der Waals surface area contributed by atoms with Gasteiger partial charge in [-0.1, -0.05) is 12.1 Å². The first-order chi connectivity index (χ1) is 13.1. The normalized spacial score (nSPS) is 10.3. The highest BCUT2D eigenvalue weighted by Gasteiger charge is 2.13. The smallest absolute Gasteiger partial charge is 0.253 e. The zero-order valence-corrected chi connectivity index (χ0v) is 16.3. The average molecular weight is 388 g/mol. The van der Waals surface area contributed by atoms with Gasteiger partial charge in [0, 0.05) is 25.2 Å². The fourth-order valence-electron chi connectivity index (χ4n) is 2.31. The molecule has 0 fully saturated rings. The van der Waals surface area contributed by atoms with Crippen LogP contribution in [-0.2, 0) is 9.53 Å². The van der Waals surface area contributed by atoms with Crippen molar-refractivity contribution in [3.8, 4) is 5.75 Å². The molecule has 0 aliphatic heterocycles. The molecule has 2 aromatic carbocycles. The summed E-state index contributed by atoms with van der Waals surface area (Å²) in [5, 5.41) is 5.64. The van der Waals surface area contributed by atoms with Gasteiger partial charge in [-0.3, -0.25) is 9.59 Å². The molecule has 27 heavy (non-hydrogen) atoms. The van der Waals surface area contributed by atoms with Crippen molar-refractivity contribution in [2.24, 2.45) is 0 Å². The van der Waals surface area contributed by atoms with Crippen molar-refractivity contribution in [2.45, 2.75) is 11.3 Å². The Hall–Kier alpha value is -2.51. The number of carbonyl (C=O) groups excluding carboxylic acids is 2. The van der Waals surface area contributed by atoms with Gasteiger partial charge in [0.1, 0.15) is 5.75 Å². The summed E-state index contributed by atoms with van der Waals surface area (Å²) in [5.74, 6) is 0.630. The molecule has 6 nitrogen and oxygen atoms in total. The molecule has 2 amide bonds. The minimum absolute atomic E-state index is 0.171. The van der Waals surface area contributed by atoms with Crippen LogP contribution in [0.15, 0.2) is 53.4 Å². The summed E-state index contributed by atoms with van der Waals surface area (Å²) in [7, 11) is 3.23. The van der Waals surface area contributed by atoms with E-state index in [-0.39, 0.29) is 17.6 Å². The highest BCUT2D eigenvalue weighted by Crippen LogP contribution is 2.22. The molecule has 2 N–H and O–H groups in total. The van der Waals surface area contributed by atoms with E-state index in [1.165, 1.54) is 11.8 Å². The topological polar surface area (TPSA) is 76.7 Å². The van der Waals surface area contributed by atoms with Crippen LogP contribution in [0.25, 0.3) is 0 Å². The van der Waals surface area contributed by atoms with Gasteiger partial charge in [-0.25, -0.2) is 0 Å². The van der Waals surface area contributed by atoms with Gasteiger partial charge in [-0.15, -0.1) is 11.8 Å². The summed E-state index contributed by atoms with van der Waals surface area (Å²) in [4.78, 5) is 25.6. The lowest BCUT2D eigenvalue weighted by molar-refractivity contribution is -0.113. The Morgan fingerprint density at radius 3 is 2.48 bits per heavy atom. The molecule has 0 saturated heterocycles. The number of thioether (sulfide) groups is 1. The maximum Gasteiger partial charge on any atom is 0.253 e. The maximum atomic E-state index is 12.3. The summed E-state index contributed by atoms with van der Waals surface area (Å²) in [6, 6.07) is 14.5. The van der Waals surface area contributed by atoms with Crippen LogP contribution in [0.4, 0.5) is 5.69 Å². The van der Waals surface area contributed by atoms with Crippen LogP contribution in [0.2, 0.25) is 0 Å². The molecule has 0 spiro atoms. The lowest BCUT2D eigenvalue weighted by atomic mass is 10.1. The number of ether oxygens (including phenoxy) is 2. The van der Waals surface area contributed by atoms with Crippen molar-refractivity contribution in [3.05, 3.63) is 54.1 Å². The predicted octanol–water partition coefficient (Wildman–Crippen LogP) is 3.19. The van der Waals surface area contributed by atoms with Crippen LogP contribution in [0.3, 0.4) is 0 Å². The van der Waals surface area contributed by atoms with Crippen molar-refractivity contribution in [2.75, 3.05) is 38.4 Å². The molecule has 0 aliphatic carbocycles. The van der Waals surface area contributed by atoms with E-state index in [0.29, 0.717) is 24.4 Å². The van der Waals surface area contributed by atoms with Crippen LogP contribution in [-0.4, -0.2) is 44.9 Å². The molecule has 2 rings (SSSR count). The van der Waals surface area contributed by atoms with E-state index in [0.717, 1.165) is 17.1 Å². The number of hydrogen-bond donors (Lipinski definition) is 2. The highest BCUT2D eigenvalue weighted by atomic mass is 32.2. The number of hydrogen-bond acceptors (Lipinski definition) is 5. The van der Waals surface area contributed by atoms with Gasteiger partial charge in [0.15, 0.2) is 0 Å². The molecule has 2 aromatic rings. The van der Waals surface area contributed by atoms with E-state index in [4.69, 9.17) is 9.47 Å². The summed E-state index contributed by atoms with van der Waals surface area (Å²) in [6.45, 7) is 1.10. The number of anilines is 1. The van der Waals surface area contributed by atoms with Gasteiger partial charge in [0.25, 0.3) is 5.91 Å². The predicted molar refractivity (Wildman–Crippen MR) is 108 cm³/mol. The Labute approximate surface area is 163 Å². The van der Waals surface area contributed by atoms with Crippen molar-refractivity contribution in [1.82, 2.24) is 5.32 Å². The molecule has 0 saturated carbocycles. The van der Waals surface area contributed by atoms with Crippen LogP contribution < -0.4 is 15.4 Å². The molecule has 0 heterocycles. The molecule has 7 heteroatoms. The zero-order chi connectivity index (χ0) is 19.5. The first-order valence-corrected chi connectivity index (χ1v) is 9.55. The summed E-state index contributed by atoms with van der Waals surface area (Å²) in [5.41, 5.74) is 0.944. The fraction of sp³-hybridized carbons (Fsp3) is 0.300. The lowest BCUT2D eigenvalue weighted by Crippen LogP contribution is -2.27. The van der Waals surface area contributed by atoms with Crippen molar-refractivity contribution >= 4 is 29.3 Å². The minimum Gasteiger partial charge on any atom is -0.497 e. The summed E-state index contributed by atoms with van der Waals surface area (Å²) < 4.78 is 10.1. The molecule has 144 valence electrons. The van der Waals surface area contributed by atoms with Gasteiger partial charge >= 0.3 is 0 Å². The Bertz CT molecular complexity index is 750. The van der Waals surface area contributed by atoms with E-state index in [2.05, 4.69) is 10.6 Å². The Balaban J connectivity index is 1.89. The average Bonchev–Trinajstić information content (AvgIpc) is 2.70. The molecule has 0 unspecified atom stereocenters. The number of para-hydroxylation sites is 1. The Kier molecular flexibility index (Phi) is 8.67. The van der Waals surface area contributed by atoms with Crippen LogP contribution >= 0.6 is 11.8 Å². The first kappa shape index (κ1) is 20.8. The molecule has 0 atom stereocenters. The lowest BCUT2D eigenvalue weighted by Gasteiger charge is -2.11. The van der Waals surface area contributed by atoms with Gasteiger partial charge in [-0.05, 0) is 42.8 Å². The number of benzene rings is 2. The van der Waals surface area contributed by atoms with E-state index >= 15 is 0 Å². The van der Waals surface area contributed by atoms with E-state index in [1.807, 2.05) is 24.3 Å². The number of rotatable bonds is 10. The molecule has 0 radical (unpaired) electrons. The molecule has 0 aromatic heterocycles. The number of methoxy groups -OCH3 is 2. The molecule has 0 bridgehead atoms. The van der Waals surface area contributed by atoms with Crippen molar-refractivity contribution in [1.29, 1.82) is 0 Å².